The molecule has 1 aliphatic rings. The summed E-state index contributed by atoms with van der Waals surface area (Å²) in [5.74, 6) is 0.766. The Hall–Kier alpha value is -2.05. The molecule has 1 aromatic carbocycles. The normalized spacial score (nSPS) is 15.8. The van der Waals surface area contributed by atoms with Gasteiger partial charge in [0.1, 0.15) is 22.8 Å². The van der Waals surface area contributed by atoms with Crippen molar-refractivity contribution >= 4 is 27.4 Å². The molecule has 4 nitrogen and oxygen atoms in total. The van der Waals surface area contributed by atoms with Crippen LogP contribution in [0.15, 0.2) is 36.0 Å². The van der Waals surface area contributed by atoms with Crippen molar-refractivity contribution in [3.05, 3.63) is 41.8 Å². The third-order valence-corrected chi connectivity index (χ3v) is 5.03. The molecule has 0 aliphatic carbocycles. The number of aromatic nitrogens is 2. The van der Waals surface area contributed by atoms with Crippen LogP contribution in [0.4, 0.5) is 10.2 Å². The zero-order chi connectivity index (χ0) is 15.6. The Morgan fingerprint density at radius 2 is 1.96 bits per heavy atom. The fourth-order valence-corrected chi connectivity index (χ4v) is 3.91. The maximum absolute atomic E-state index is 13.2. The Morgan fingerprint density at radius 1 is 1.09 bits per heavy atom. The van der Waals surface area contributed by atoms with Crippen molar-refractivity contribution in [1.29, 1.82) is 0 Å². The molecule has 23 heavy (non-hydrogen) atoms. The van der Waals surface area contributed by atoms with Crippen molar-refractivity contribution in [1.82, 2.24) is 15.3 Å². The van der Waals surface area contributed by atoms with Gasteiger partial charge in [-0.2, -0.15) is 0 Å². The van der Waals surface area contributed by atoms with Crippen LogP contribution in [0.5, 0.6) is 0 Å². The summed E-state index contributed by atoms with van der Waals surface area (Å²) in [7, 11) is 0. The number of nitrogens with one attached hydrogen (secondary N) is 1. The lowest BCUT2D eigenvalue weighted by Gasteiger charge is -2.22. The topological polar surface area (TPSA) is 41.1 Å². The summed E-state index contributed by atoms with van der Waals surface area (Å²) in [5.41, 5.74) is 2.08. The van der Waals surface area contributed by atoms with Crippen LogP contribution in [0.3, 0.4) is 0 Å². The molecular formula is C17H17FN4S. The van der Waals surface area contributed by atoms with E-state index >= 15 is 0 Å². The fraction of sp³-hybridized carbons (Fsp3) is 0.294. The molecule has 0 atom stereocenters. The molecule has 0 bridgehead atoms. The van der Waals surface area contributed by atoms with E-state index in [0.29, 0.717) is 0 Å². The van der Waals surface area contributed by atoms with Gasteiger partial charge in [0.2, 0.25) is 0 Å². The number of nitrogens with zero attached hydrogens (tertiary/aromatic N) is 3. The lowest BCUT2D eigenvalue weighted by molar-refractivity contribution is 0.628. The van der Waals surface area contributed by atoms with Gasteiger partial charge in [-0.15, -0.1) is 11.3 Å². The molecule has 2 aromatic heterocycles. The van der Waals surface area contributed by atoms with Crippen molar-refractivity contribution in [2.75, 3.05) is 31.1 Å². The summed E-state index contributed by atoms with van der Waals surface area (Å²) >= 11 is 1.61. The zero-order valence-electron chi connectivity index (χ0n) is 12.6. The van der Waals surface area contributed by atoms with Gasteiger partial charge in [0.25, 0.3) is 0 Å². The van der Waals surface area contributed by atoms with Crippen LogP contribution in [-0.2, 0) is 0 Å². The van der Waals surface area contributed by atoms with Gasteiger partial charge in [0, 0.05) is 30.6 Å². The van der Waals surface area contributed by atoms with Crippen molar-refractivity contribution < 1.29 is 4.39 Å². The molecule has 1 N–H and O–H groups in total. The summed E-state index contributed by atoms with van der Waals surface area (Å²) in [6.07, 6.45) is 2.74. The minimum atomic E-state index is -0.219. The van der Waals surface area contributed by atoms with E-state index in [9.17, 15) is 4.39 Å². The molecule has 1 fully saturated rings. The maximum Gasteiger partial charge on any atom is 0.141 e. The highest BCUT2D eigenvalue weighted by Crippen LogP contribution is 2.37. The quantitative estimate of drug-likeness (QED) is 0.784. The van der Waals surface area contributed by atoms with Gasteiger partial charge in [-0.25, -0.2) is 14.4 Å². The first-order valence-electron chi connectivity index (χ1n) is 7.77. The van der Waals surface area contributed by atoms with E-state index in [4.69, 9.17) is 0 Å². The van der Waals surface area contributed by atoms with Gasteiger partial charge < -0.3 is 10.2 Å². The Morgan fingerprint density at radius 3 is 2.83 bits per heavy atom. The minimum absolute atomic E-state index is 0.219. The summed E-state index contributed by atoms with van der Waals surface area (Å²) in [6, 6.07) is 6.63. The fourth-order valence-electron chi connectivity index (χ4n) is 3.00. The standard InChI is InChI=1S/C17H17FN4S/c18-13-4-2-12(3-5-13)14-10-23-17-15(14)16(20-11-21-17)22-8-1-6-19-7-9-22/h2-5,10-11,19H,1,6-9H2. The van der Waals surface area contributed by atoms with E-state index in [-0.39, 0.29) is 5.82 Å². The molecule has 1 saturated heterocycles. The van der Waals surface area contributed by atoms with Crippen molar-refractivity contribution in [3.8, 4) is 11.1 Å². The van der Waals surface area contributed by atoms with Gasteiger partial charge in [0.05, 0.1) is 5.39 Å². The molecule has 118 valence electrons. The molecule has 0 saturated carbocycles. The van der Waals surface area contributed by atoms with Crippen LogP contribution >= 0.6 is 11.3 Å². The average molecular weight is 328 g/mol. The predicted molar refractivity (Wildman–Crippen MR) is 92.5 cm³/mol. The Labute approximate surface area is 138 Å². The molecule has 0 unspecified atom stereocenters. The van der Waals surface area contributed by atoms with Gasteiger partial charge in [-0.05, 0) is 30.7 Å². The summed E-state index contributed by atoms with van der Waals surface area (Å²) in [4.78, 5) is 12.3. The number of fused-ring (bicyclic) bond motifs is 1. The largest absolute Gasteiger partial charge is 0.355 e. The van der Waals surface area contributed by atoms with Crippen LogP contribution in [-0.4, -0.2) is 36.1 Å². The third-order valence-electron chi connectivity index (χ3n) is 4.15. The first kappa shape index (κ1) is 14.5. The summed E-state index contributed by atoms with van der Waals surface area (Å²) in [5, 5.41) is 6.58. The number of rotatable bonds is 2. The van der Waals surface area contributed by atoms with Crippen LogP contribution in [0.2, 0.25) is 0 Å². The molecule has 3 heterocycles. The number of benzene rings is 1. The number of hydrogen-bond acceptors (Lipinski definition) is 5. The third kappa shape index (κ3) is 2.80. The Kier molecular flexibility index (Phi) is 3.93. The first-order valence-corrected chi connectivity index (χ1v) is 8.65. The zero-order valence-corrected chi connectivity index (χ0v) is 13.4. The molecule has 4 rings (SSSR count). The maximum atomic E-state index is 13.2. The van der Waals surface area contributed by atoms with Gasteiger partial charge in [-0.3, -0.25) is 0 Å². The highest BCUT2D eigenvalue weighted by Gasteiger charge is 2.18. The van der Waals surface area contributed by atoms with Crippen molar-refractivity contribution in [3.63, 3.8) is 0 Å². The average Bonchev–Trinajstić information content (AvgIpc) is 2.83. The van der Waals surface area contributed by atoms with E-state index in [1.54, 1.807) is 17.7 Å². The van der Waals surface area contributed by atoms with E-state index < -0.39 is 0 Å². The number of hydrogen-bond donors (Lipinski definition) is 1. The lowest BCUT2D eigenvalue weighted by Crippen LogP contribution is -2.28. The second-order valence-corrected chi connectivity index (χ2v) is 6.48. The van der Waals surface area contributed by atoms with Crippen LogP contribution in [0.25, 0.3) is 21.3 Å². The van der Waals surface area contributed by atoms with Crippen LogP contribution in [0, 0.1) is 5.82 Å². The van der Waals surface area contributed by atoms with Crippen molar-refractivity contribution in [2.45, 2.75) is 6.42 Å². The van der Waals surface area contributed by atoms with E-state index in [1.165, 1.54) is 12.1 Å². The van der Waals surface area contributed by atoms with Gasteiger partial charge in [-0.1, -0.05) is 12.1 Å². The predicted octanol–water partition coefficient (Wildman–Crippen LogP) is 3.30. The van der Waals surface area contributed by atoms with E-state index in [1.807, 2.05) is 12.1 Å². The summed E-state index contributed by atoms with van der Waals surface area (Å²) in [6.45, 7) is 3.92. The van der Waals surface area contributed by atoms with Gasteiger partial charge >= 0.3 is 0 Å². The second-order valence-electron chi connectivity index (χ2n) is 5.62. The summed E-state index contributed by atoms with van der Waals surface area (Å²) < 4.78 is 13.2. The highest BCUT2D eigenvalue weighted by atomic mass is 32.1. The Balaban J connectivity index is 1.84. The molecule has 6 heteroatoms. The number of anilines is 1. The molecule has 0 radical (unpaired) electrons. The van der Waals surface area contributed by atoms with Crippen molar-refractivity contribution in [2.24, 2.45) is 0 Å². The van der Waals surface area contributed by atoms with Gasteiger partial charge in [0.15, 0.2) is 0 Å². The SMILES string of the molecule is Fc1ccc(-c2csc3ncnc(N4CCCNCC4)c23)cc1. The molecular weight excluding hydrogens is 311 g/mol. The van der Waals surface area contributed by atoms with Crippen LogP contribution < -0.4 is 10.2 Å². The molecule has 0 amide bonds. The molecule has 1 aliphatic heterocycles. The second kappa shape index (κ2) is 6.22. The minimum Gasteiger partial charge on any atom is -0.355 e. The molecule has 0 spiro atoms. The van der Waals surface area contributed by atoms with E-state index in [2.05, 4.69) is 25.6 Å². The van der Waals surface area contributed by atoms with E-state index in [0.717, 1.165) is 59.8 Å². The lowest BCUT2D eigenvalue weighted by atomic mass is 10.1. The Bertz CT molecular complexity index is 807. The first-order chi connectivity index (χ1) is 11.3. The smallest absolute Gasteiger partial charge is 0.141 e. The molecule has 3 aromatic rings. The highest BCUT2D eigenvalue weighted by molar-refractivity contribution is 7.17. The monoisotopic (exact) mass is 328 g/mol. The number of halogens is 1. The number of thiophene rings is 1. The van der Waals surface area contributed by atoms with Crippen LogP contribution in [0.1, 0.15) is 6.42 Å².